The topological polar surface area (TPSA) is 35.5 Å². The Labute approximate surface area is 159 Å². The number of benzene rings is 1. The van der Waals surface area contributed by atoms with Crippen molar-refractivity contribution < 1.29 is 14.3 Å². The lowest BCUT2D eigenvalue weighted by molar-refractivity contribution is -0.149. The SMILES string of the molecule is CO[C@@]1(C)C(=O)CC[C@@H]1OCc1c(C(C)C)cc(C(C)C)cc1C(C)C. The zero-order chi connectivity index (χ0) is 19.6. The highest BCUT2D eigenvalue weighted by molar-refractivity contribution is 5.90. The third-order valence-electron chi connectivity index (χ3n) is 5.91. The zero-order valence-corrected chi connectivity index (χ0v) is 17.8. The van der Waals surface area contributed by atoms with Crippen molar-refractivity contribution in [3.8, 4) is 0 Å². The second-order valence-electron chi connectivity index (χ2n) is 8.71. The Bertz CT molecular complexity index is 616. The van der Waals surface area contributed by atoms with Crippen molar-refractivity contribution in [2.45, 2.75) is 97.4 Å². The van der Waals surface area contributed by atoms with E-state index in [1.165, 1.54) is 22.3 Å². The number of hydrogen-bond acceptors (Lipinski definition) is 3. The van der Waals surface area contributed by atoms with Crippen molar-refractivity contribution in [2.24, 2.45) is 0 Å². The molecule has 1 saturated carbocycles. The highest BCUT2D eigenvalue weighted by Gasteiger charge is 2.47. The molecule has 2 atom stereocenters. The number of methoxy groups -OCH3 is 1. The summed E-state index contributed by atoms with van der Waals surface area (Å²) in [6.45, 7) is 15.9. The number of Topliss-reactive ketones (excluding diaryl/α,β-unsaturated/α-hetero) is 1. The molecule has 146 valence electrons. The summed E-state index contributed by atoms with van der Waals surface area (Å²) in [5.74, 6) is 1.52. The predicted octanol–water partition coefficient (Wildman–Crippen LogP) is 5.71. The summed E-state index contributed by atoms with van der Waals surface area (Å²) in [4.78, 5) is 12.2. The molecule has 2 rings (SSSR count). The lowest BCUT2D eigenvalue weighted by Crippen LogP contribution is -2.43. The van der Waals surface area contributed by atoms with E-state index >= 15 is 0 Å². The average Bonchev–Trinajstić information content (AvgIpc) is 2.87. The fourth-order valence-corrected chi connectivity index (χ4v) is 3.91. The second kappa shape index (κ2) is 8.22. The van der Waals surface area contributed by atoms with Crippen LogP contribution >= 0.6 is 0 Å². The van der Waals surface area contributed by atoms with Gasteiger partial charge in [0.15, 0.2) is 5.78 Å². The van der Waals surface area contributed by atoms with Gasteiger partial charge in [0, 0.05) is 13.5 Å². The summed E-state index contributed by atoms with van der Waals surface area (Å²) in [7, 11) is 1.61. The van der Waals surface area contributed by atoms with E-state index in [-0.39, 0.29) is 11.9 Å². The third-order valence-corrected chi connectivity index (χ3v) is 5.91. The number of rotatable bonds is 7. The van der Waals surface area contributed by atoms with Crippen molar-refractivity contribution in [3.63, 3.8) is 0 Å². The molecule has 1 aromatic carbocycles. The van der Waals surface area contributed by atoms with Gasteiger partial charge in [-0.3, -0.25) is 4.79 Å². The van der Waals surface area contributed by atoms with Crippen LogP contribution < -0.4 is 0 Å². The standard InChI is InChI=1S/C23H36O3/c1-14(2)17-11-18(15(3)4)20(19(12-17)16(5)6)13-26-22-10-9-21(24)23(22,7)25-8/h11-12,14-16,22H,9-10,13H2,1-8H3/t22-,23-/m0/s1. The van der Waals surface area contributed by atoms with Crippen LogP contribution in [0.1, 0.15) is 101 Å². The molecule has 3 nitrogen and oxygen atoms in total. The Morgan fingerprint density at radius 2 is 1.58 bits per heavy atom. The summed E-state index contributed by atoms with van der Waals surface area (Å²) in [6, 6.07) is 4.68. The summed E-state index contributed by atoms with van der Waals surface area (Å²) in [6.07, 6.45) is 1.10. The van der Waals surface area contributed by atoms with Crippen molar-refractivity contribution in [1.29, 1.82) is 0 Å². The van der Waals surface area contributed by atoms with Crippen molar-refractivity contribution in [1.82, 2.24) is 0 Å². The number of ketones is 1. The highest BCUT2D eigenvalue weighted by atomic mass is 16.5. The molecular formula is C23H36O3. The van der Waals surface area contributed by atoms with Gasteiger partial charge >= 0.3 is 0 Å². The van der Waals surface area contributed by atoms with Crippen LogP contribution in [-0.2, 0) is 20.9 Å². The molecule has 0 spiro atoms. The Kier molecular flexibility index (Phi) is 6.68. The molecule has 0 amide bonds. The molecule has 26 heavy (non-hydrogen) atoms. The first kappa shape index (κ1) is 21.1. The summed E-state index contributed by atoms with van der Waals surface area (Å²) in [5.41, 5.74) is 4.59. The van der Waals surface area contributed by atoms with Crippen LogP contribution in [0.15, 0.2) is 12.1 Å². The molecule has 0 bridgehead atoms. The van der Waals surface area contributed by atoms with Crippen LogP contribution in [0.5, 0.6) is 0 Å². The first-order valence-electron chi connectivity index (χ1n) is 9.98. The van der Waals surface area contributed by atoms with Crippen molar-refractivity contribution in [3.05, 3.63) is 34.4 Å². The zero-order valence-electron chi connectivity index (χ0n) is 17.8. The van der Waals surface area contributed by atoms with Crippen LogP contribution in [0.25, 0.3) is 0 Å². The minimum absolute atomic E-state index is 0.147. The normalized spacial score (nSPS) is 23.7. The number of carbonyl (C=O) groups excluding carboxylic acids is 1. The van der Waals surface area contributed by atoms with E-state index in [9.17, 15) is 4.79 Å². The van der Waals surface area contributed by atoms with E-state index in [0.717, 1.165) is 6.42 Å². The Hall–Kier alpha value is -1.19. The minimum atomic E-state index is -0.812. The number of hydrogen-bond donors (Lipinski definition) is 0. The highest BCUT2D eigenvalue weighted by Crippen LogP contribution is 2.36. The van der Waals surface area contributed by atoms with Crippen LogP contribution in [0.4, 0.5) is 0 Å². The van der Waals surface area contributed by atoms with E-state index in [2.05, 4.69) is 53.7 Å². The summed E-state index contributed by atoms with van der Waals surface area (Å²) in [5, 5.41) is 0. The number of carbonyl (C=O) groups is 1. The van der Waals surface area contributed by atoms with E-state index in [0.29, 0.717) is 30.8 Å². The molecule has 1 aliphatic rings. The smallest absolute Gasteiger partial charge is 0.167 e. The summed E-state index contributed by atoms with van der Waals surface area (Å²) >= 11 is 0. The molecule has 0 saturated heterocycles. The molecule has 1 fully saturated rings. The fraction of sp³-hybridized carbons (Fsp3) is 0.696. The van der Waals surface area contributed by atoms with E-state index in [1.54, 1.807) is 7.11 Å². The van der Waals surface area contributed by atoms with Gasteiger partial charge in [-0.2, -0.15) is 0 Å². The van der Waals surface area contributed by atoms with Gasteiger partial charge in [-0.05, 0) is 53.4 Å². The molecular weight excluding hydrogens is 324 g/mol. The monoisotopic (exact) mass is 360 g/mol. The van der Waals surface area contributed by atoms with Gasteiger partial charge in [-0.15, -0.1) is 0 Å². The molecule has 3 heteroatoms. The Morgan fingerprint density at radius 3 is 2.00 bits per heavy atom. The van der Waals surface area contributed by atoms with Crippen LogP contribution in [0, 0.1) is 0 Å². The largest absolute Gasteiger partial charge is 0.370 e. The number of ether oxygens (including phenoxy) is 2. The minimum Gasteiger partial charge on any atom is -0.370 e. The van der Waals surface area contributed by atoms with Crippen LogP contribution in [-0.4, -0.2) is 24.6 Å². The van der Waals surface area contributed by atoms with E-state index in [1.807, 2.05) is 6.92 Å². The van der Waals surface area contributed by atoms with Gasteiger partial charge in [-0.25, -0.2) is 0 Å². The maximum Gasteiger partial charge on any atom is 0.167 e. The van der Waals surface area contributed by atoms with E-state index in [4.69, 9.17) is 9.47 Å². The van der Waals surface area contributed by atoms with Gasteiger partial charge in [0.1, 0.15) is 5.60 Å². The average molecular weight is 361 g/mol. The lowest BCUT2D eigenvalue weighted by atomic mass is 9.84. The Morgan fingerprint density at radius 1 is 1.04 bits per heavy atom. The molecule has 0 heterocycles. The molecule has 0 radical (unpaired) electrons. The second-order valence-corrected chi connectivity index (χ2v) is 8.71. The fourth-order valence-electron chi connectivity index (χ4n) is 3.91. The summed E-state index contributed by atoms with van der Waals surface area (Å²) < 4.78 is 11.8. The van der Waals surface area contributed by atoms with Crippen molar-refractivity contribution in [2.75, 3.05) is 7.11 Å². The molecule has 1 aliphatic carbocycles. The first-order valence-corrected chi connectivity index (χ1v) is 9.98. The molecule has 0 aromatic heterocycles. The Balaban J connectivity index is 2.37. The van der Waals surface area contributed by atoms with Crippen LogP contribution in [0.2, 0.25) is 0 Å². The molecule has 0 N–H and O–H groups in total. The lowest BCUT2D eigenvalue weighted by Gasteiger charge is -2.30. The quantitative estimate of drug-likeness (QED) is 0.625. The third kappa shape index (κ3) is 4.04. The van der Waals surface area contributed by atoms with Gasteiger partial charge in [0.05, 0.1) is 12.7 Å². The van der Waals surface area contributed by atoms with E-state index < -0.39 is 5.60 Å². The predicted molar refractivity (Wildman–Crippen MR) is 107 cm³/mol. The van der Waals surface area contributed by atoms with Crippen LogP contribution in [0.3, 0.4) is 0 Å². The molecule has 0 aliphatic heterocycles. The first-order chi connectivity index (χ1) is 12.1. The van der Waals surface area contributed by atoms with Gasteiger partial charge in [0.2, 0.25) is 0 Å². The maximum absolute atomic E-state index is 12.2. The maximum atomic E-state index is 12.2. The van der Waals surface area contributed by atoms with Gasteiger partial charge in [-0.1, -0.05) is 53.7 Å². The van der Waals surface area contributed by atoms with Gasteiger partial charge < -0.3 is 9.47 Å². The molecule has 0 unspecified atom stereocenters. The van der Waals surface area contributed by atoms with Gasteiger partial charge in [0.25, 0.3) is 0 Å². The molecule has 1 aromatic rings. The van der Waals surface area contributed by atoms with Crippen molar-refractivity contribution >= 4 is 5.78 Å².